The average molecular weight is 254 g/mol. The third-order valence-electron chi connectivity index (χ3n) is 4.48. The number of carbonyl (C=O) groups excluding carboxylic acids is 1. The van der Waals surface area contributed by atoms with Crippen LogP contribution in [0.2, 0.25) is 0 Å². The summed E-state index contributed by atoms with van der Waals surface area (Å²) in [4.78, 5) is 17.0. The van der Waals surface area contributed by atoms with Gasteiger partial charge in [0, 0.05) is 34.8 Å². The normalized spacial score (nSPS) is 26.7. The van der Waals surface area contributed by atoms with E-state index >= 15 is 0 Å². The number of Topliss-reactive ketones (excluding diaryl/α,β-unsaturated/α-hetero) is 1. The lowest BCUT2D eigenvalue weighted by atomic mass is 9.77. The zero-order valence-corrected chi connectivity index (χ0v) is 11.1. The maximum Gasteiger partial charge on any atom is 0.170 e. The van der Waals surface area contributed by atoms with Crippen molar-refractivity contribution in [3.8, 4) is 0 Å². The molecule has 3 heteroatoms. The molecule has 2 unspecified atom stereocenters. The van der Waals surface area contributed by atoms with Gasteiger partial charge < -0.3 is 5.73 Å². The van der Waals surface area contributed by atoms with Gasteiger partial charge in [-0.1, -0.05) is 31.5 Å². The minimum atomic E-state index is -0.426. The Morgan fingerprint density at radius 3 is 3.00 bits per heavy atom. The molecule has 19 heavy (non-hydrogen) atoms. The van der Waals surface area contributed by atoms with Crippen LogP contribution in [0.1, 0.15) is 36.5 Å². The topological polar surface area (TPSA) is 56.0 Å². The second-order valence-corrected chi connectivity index (χ2v) is 5.65. The van der Waals surface area contributed by atoms with Crippen LogP contribution in [0, 0.1) is 5.41 Å². The molecule has 0 saturated heterocycles. The number of benzene rings is 1. The number of nitrogens with zero attached hydrogens (tertiary/aromatic N) is 1. The molecule has 2 aromatic rings. The highest BCUT2D eigenvalue weighted by Gasteiger charge is 2.43. The Kier molecular flexibility index (Phi) is 2.86. The fourth-order valence-electron chi connectivity index (χ4n) is 3.09. The molecule has 1 saturated carbocycles. The summed E-state index contributed by atoms with van der Waals surface area (Å²) in [6.45, 7) is 2.00. The lowest BCUT2D eigenvalue weighted by molar-refractivity contribution is 0.0804. The van der Waals surface area contributed by atoms with Crippen molar-refractivity contribution in [1.29, 1.82) is 0 Å². The van der Waals surface area contributed by atoms with E-state index in [1.54, 1.807) is 12.4 Å². The quantitative estimate of drug-likeness (QED) is 0.838. The van der Waals surface area contributed by atoms with Crippen LogP contribution in [0.4, 0.5) is 0 Å². The first-order valence-electron chi connectivity index (χ1n) is 6.76. The zero-order valence-electron chi connectivity index (χ0n) is 11.1. The molecule has 0 radical (unpaired) electrons. The van der Waals surface area contributed by atoms with E-state index in [0.29, 0.717) is 0 Å². The number of pyridine rings is 1. The van der Waals surface area contributed by atoms with Gasteiger partial charge in [-0.05, 0) is 24.3 Å². The van der Waals surface area contributed by atoms with Gasteiger partial charge in [-0.3, -0.25) is 9.78 Å². The molecular formula is C16H18N2O. The van der Waals surface area contributed by atoms with Crippen molar-refractivity contribution in [2.75, 3.05) is 0 Å². The summed E-state index contributed by atoms with van der Waals surface area (Å²) >= 11 is 0. The summed E-state index contributed by atoms with van der Waals surface area (Å²) in [6, 6.07) is 7.72. The molecule has 3 nitrogen and oxygen atoms in total. The Balaban J connectivity index is 2.12. The third-order valence-corrected chi connectivity index (χ3v) is 4.48. The van der Waals surface area contributed by atoms with E-state index in [1.807, 2.05) is 31.2 Å². The molecule has 2 N–H and O–H groups in total. The van der Waals surface area contributed by atoms with Crippen LogP contribution in [-0.4, -0.2) is 16.8 Å². The minimum Gasteiger partial charge on any atom is -0.327 e. The first kappa shape index (κ1) is 12.3. The number of hydrogen-bond donors (Lipinski definition) is 1. The lowest BCUT2D eigenvalue weighted by Crippen LogP contribution is -2.41. The molecular weight excluding hydrogens is 236 g/mol. The Morgan fingerprint density at radius 1 is 1.42 bits per heavy atom. The monoisotopic (exact) mass is 254 g/mol. The molecule has 0 spiro atoms. The highest BCUT2D eigenvalue weighted by atomic mass is 16.1. The van der Waals surface area contributed by atoms with E-state index in [2.05, 4.69) is 4.98 Å². The van der Waals surface area contributed by atoms with Crippen molar-refractivity contribution < 1.29 is 4.79 Å². The maximum absolute atomic E-state index is 12.9. The Labute approximate surface area is 112 Å². The van der Waals surface area contributed by atoms with Crippen LogP contribution < -0.4 is 5.73 Å². The molecule has 3 rings (SSSR count). The lowest BCUT2D eigenvalue weighted by Gasteiger charge is -2.27. The second-order valence-electron chi connectivity index (χ2n) is 5.65. The van der Waals surface area contributed by atoms with Crippen LogP contribution >= 0.6 is 0 Å². The number of hydrogen-bond acceptors (Lipinski definition) is 3. The van der Waals surface area contributed by atoms with E-state index < -0.39 is 5.41 Å². The van der Waals surface area contributed by atoms with E-state index in [4.69, 9.17) is 5.73 Å². The fraction of sp³-hybridized carbons (Fsp3) is 0.375. The number of carbonyl (C=O) groups is 1. The maximum atomic E-state index is 12.9. The number of ketones is 1. The molecule has 1 heterocycles. The number of nitrogens with two attached hydrogens (primary N) is 1. The van der Waals surface area contributed by atoms with Crippen LogP contribution in [0.5, 0.6) is 0 Å². The second kappa shape index (κ2) is 4.42. The summed E-state index contributed by atoms with van der Waals surface area (Å²) in [5, 5.41) is 1.98. The molecule has 1 fully saturated rings. The highest BCUT2D eigenvalue weighted by Crippen LogP contribution is 2.40. The van der Waals surface area contributed by atoms with Crippen LogP contribution in [0.3, 0.4) is 0 Å². The first-order valence-corrected chi connectivity index (χ1v) is 6.76. The van der Waals surface area contributed by atoms with Crippen molar-refractivity contribution in [1.82, 2.24) is 4.98 Å². The Bertz CT molecular complexity index is 632. The SMILES string of the molecule is CC1(C(=O)c2cccc3ccncc23)CCCC1N. The molecule has 1 aliphatic rings. The standard InChI is InChI=1S/C16H18N2O/c1-16(8-3-6-14(16)17)15(19)12-5-2-4-11-7-9-18-10-13(11)12/h2,4-5,7,9-10,14H,3,6,8,17H2,1H3. The molecule has 0 aliphatic heterocycles. The van der Waals surface area contributed by atoms with Gasteiger partial charge in [0.05, 0.1) is 0 Å². The predicted octanol–water partition coefficient (Wildman–Crippen LogP) is 2.93. The number of rotatable bonds is 2. The van der Waals surface area contributed by atoms with Crippen LogP contribution in [0.25, 0.3) is 10.8 Å². The Hall–Kier alpha value is -1.74. The predicted molar refractivity (Wildman–Crippen MR) is 76.0 cm³/mol. The summed E-state index contributed by atoms with van der Waals surface area (Å²) in [5.41, 5.74) is 6.49. The van der Waals surface area contributed by atoms with Gasteiger partial charge >= 0.3 is 0 Å². The summed E-state index contributed by atoms with van der Waals surface area (Å²) < 4.78 is 0. The van der Waals surface area contributed by atoms with E-state index in [1.165, 1.54) is 0 Å². The largest absolute Gasteiger partial charge is 0.327 e. The van der Waals surface area contributed by atoms with Crippen LogP contribution in [0.15, 0.2) is 36.7 Å². The molecule has 0 bridgehead atoms. The van der Waals surface area contributed by atoms with Crippen LogP contribution in [-0.2, 0) is 0 Å². The molecule has 98 valence electrons. The summed E-state index contributed by atoms with van der Waals surface area (Å²) in [7, 11) is 0. The third kappa shape index (κ3) is 1.85. The highest BCUT2D eigenvalue weighted by molar-refractivity contribution is 6.10. The average Bonchev–Trinajstić information content (AvgIpc) is 2.78. The van der Waals surface area contributed by atoms with Gasteiger partial charge in [-0.2, -0.15) is 0 Å². The van der Waals surface area contributed by atoms with Crippen molar-refractivity contribution in [2.45, 2.75) is 32.2 Å². The molecule has 1 aromatic carbocycles. The number of aromatic nitrogens is 1. The Morgan fingerprint density at radius 2 is 2.26 bits per heavy atom. The van der Waals surface area contributed by atoms with Gasteiger partial charge in [0.2, 0.25) is 0 Å². The first-order chi connectivity index (χ1) is 9.13. The minimum absolute atomic E-state index is 0.0353. The van der Waals surface area contributed by atoms with Gasteiger partial charge in [-0.25, -0.2) is 0 Å². The van der Waals surface area contributed by atoms with Crippen molar-refractivity contribution in [3.63, 3.8) is 0 Å². The fourth-order valence-corrected chi connectivity index (χ4v) is 3.09. The zero-order chi connectivity index (χ0) is 13.5. The number of fused-ring (bicyclic) bond motifs is 1. The molecule has 1 aliphatic carbocycles. The molecule has 0 amide bonds. The van der Waals surface area contributed by atoms with Crippen molar-refractivity contribution in [2.24, 2.45) is 11.1 Å². The van der Waals surface area contributed by atoms with Gasteiger partial charge in [0.15, 0.2) is 5.78 Å². The van der Waals surface area contributed by atoms with Gasteiger partial charge in [0.1, 0.15) is 0 Å². The smallest absolute Gasteiger partial charge is 0.170 e. The van der Waals surface area contributed by atoms with E-state index in [0.717, 1.165) is 35.6 Å². The van der Waals surface area contributed by atoms with Gasteiger partial charge in [0.25, 0.3) is 0 Å². The molecule has 2 atom stereocenters. The molecule has 1 aromatic heterocycles. The van der Waals surface area contributed by atoms with E-state index in [9.17, 15) is 4.79 Å². The van der Waals surface area contributed by atoms with Gasteiger partial charge in [-0.15, -0.1) is 0 Å². The summed E-state index contributed by atoms with van der Waals surface area (Å²) in [5.74, 6) is 0.163. The van der Waals surface area contributed by atoms with E-state index in [-0.39, 0.29) is 11.8 Å². The van der Waals surface area contributed by atoms with Crippen molar-refractivity contribution in [3.05, 3.63) is 42.2 Å². The van der Waals surface area contributed by atoms with Crippen molar-refractivity contribution >= 4 is 16.6 Å². The summed E-state index contributed by atoms with van der Waals surface area (Å²) in [6.07, 6.45) is 6.37.